The monoisotopic (exact) mass is 240 g/mol. The predicted octanol–water partition coefficient (Wildman–Crippen LogP) is 1.92. The minimum Gasteiger partial charge on any atom is -0.356 e. The van der Waals surface area contributed by atoms with Crippen molar-refractivity contribution in [1.29, 1.82) is 0 Å². The number of aromatic nitrogens is 1. The lowest BCUT2D eigenvalue weighted by atomic mass is 10.3. The molecule has 0 spiro atoms. The van der Waals surface area contributed by atoms with Crippen molar-refractivity contribution in [3.05, 3.63) is 16.1 Å². The zero-order valence-electron chi connectivity index (χ0n) is 10.2. The molecule has 0 amide bonds. The third-order valence-electron chi connectivity index (χ3n) is 2.15. The van der Waals surface area contributed by atoms with E-state index in [0.29, 0.717) is 0 Å². The fourth-order valence-corrected chi connectivity index (χ4v) is 2.00. The molecule has 2 N–H and O–H groups in total. The average Bonchev–Trinajstić information content (AvgIpc) is 2.69. The van der Waals surface area contributed by atoms with Gasteiger partial charge in [-0.3, -0.25) is 4.99 Å². The zero-order valence-corrected chi connectivity index (χ0v) is 11.0. The van der Waals surface area contributed by atoms with Crippen LogP contribution in [0, 0.1) is 6.92 Å². The molecule has 0 radical (unpaired) electrons. The summed E-state index contributed by atoms with van der Waals surface area (Å²) in [6, 6.07) is 0. The summed E-state index contributed by atoms with van der Waals surface area (Å²) in [5, 5.41) is 7.64. The van der Waals surface area contributed by atoms with Gasteiger partial charge in [0.15, 0.2) is 5.96 Å². The Morgan fingerprint density at radius 3 is 2.88 bits per heavy atom. The van der Waals surface area contributed by atoms with E-state index in [0.717, 1.165) is 24.1 Å². The molecule has 0 aliphatic carbocycles. The molecule has 5 heteroatoms. The molecule has 0 unspecified atom stereocenters. The second-order valence-corrected chi connectivity index (χ2v) is 4.87. The van der Waals surface area contributed by atoms with Gasteiger partial charge in [0, 0.05) is 24.7 Å². The third kappa shape index (κ3) is 4.61. The SMILES string of the molecule is CCCCNC(=NC)NCc1cnc(C)s1. The van der Waals surface area contributed by atoms with Gasteiger partial charge in [0.1, 0.15) is 0 Å². The Hall–Kier alpha value is -1.10. The lowest BCUT2D eigenvalue weighted by Crippen LogP contribution is -2.37. The van der Waals surface area contributed by atoms with Crippen molar-refractivity contribution in [2.24, 2.45) is 4.99 Å². The van der Waals surface area contributed by atoms with Gasteiger partial charge < -0.3 is 10.6 Å². The fourth-order valence-electron chi connectivity index (χ4n) is 1.26. The van der Waals surface area contributed by atoms with E-state index in [1.54, 1.807) is 18.4 Å². The Labute approximate surface area is 101 Å². The average molecular weight is 240 g/mol. The number of nitrogens with zero attached hydrogens (tertiary/aromatic N) is 2. The van der Waals surface area contributed by atoms with Gasteiger partial charge in [0.2, 0.25) is 0 Å². The maximum atomic E-state index is 4.21. The maximum Gasteiger partial charge on any atom is 0.191 e. The van der Waals surface area contributed by atoms with Gasteiger partial charge in [-0.05, 0) is 13.3 Å². The van der Waals surface area contributed by atoms with Crippen LogP contribution < -0.4 is 10.6 Å². The van der Waals surface area contributed by atoms with Crippen LogP contribution in [0.1, 0.15) is 29.7 Å². The lowest BCUT2D eigenvalue weighted by Gasteiger charge is -2.10. The highest BCUT2D eigenvalue weighted by atomic mass is 32.1. The zero-order chi connectivity index (χ0) is 11.8. The molecule has 0 atom stereocenters. The molecule has 0 aromatic carbocycles. The van der Waals surface area contributed by atoms with Crippen LogP contribution in [0.25, 0.3) is 0 Å². The molecule has 90 valence electrons. The number of guanidine groups is 1. The Morgan fingerprint density at radius 2 is 2.31 bits per heavy atom. The largest absolute Gasteiger partial charge is 0.356 e. The van der Waals surface area contributed by atoms with Crippen LogP contribution in [0.3, 0.4) is 0 Å². The predicted molar refractivity (Wildman–Crippen MR) is 70.0 cm³/mol. The van der Waals surface area contributed by atoms with Gasteiger partial charge in [-0.15, -0.1) is 11.3 Å². The highest BCUT2D eigenvalue weighted by Gasteiger charge is 2.00. The van der Waals surface area contributed by atoms with E-state index in [4.69, 9.17) is 0 Å². The second kappa shape index (κ2) is 7.22. The summed E-state index contributed by atoms with van der Waals surface area (Å²) in [6.45, 7) is 5.95. The molecule has 0 saturated carbocycles. The molecule has 0 bridgehead atoms. The summed E-state index contributed by atoms with van der Waals surface area (Å²) in [6.07, 6.45) is 4.27. The van der Waals surface area contributed by atoms with Crippen molar-refractivity contribution in [3.8, 4) is 0 Å². The molecular formula is C11H20N4S. The van der Waals surface area contributed by atoms with Crippen LogP contribution in [-0.2, 0) is 6.54 Å². The molecule has 1 rings (SSSR count). The minimum absolute atomic E-state index is 0.789. The molecule has 0 fully saturated rings. The first-order valence-electron chi connectivity index (χ1n) is 5.62. The van der Waals surface area contributed by atoms with Gasteiger partial charge >= 0.3 is 0 Å². The van der Waals surface area contributed by atoms with E-state index in [-0.39, 0.29) is 0 Å². The van der Waals surface area contributed by atoms with Gasteiger partial charge in [0.25, 0.3) is 0 Å². The normalized spacial score (nSPS) is 11.6. The molecular weight excluding hydrogens is 220 g/mol. The summed E-state index contributed by atoms with van der Waals surface area (Å²) >= 11 is 1.71. The second-order valence-electron chi connectivity index (χ2n) is 3.55. The Bertz CT molecular complexity index is 332. The summed E-state index contributed by atoms with van der Waals surface area (Å²) in [7, 11) is 1.79. The lowest BCUT2D eigenvalue weighted by molar-refractivity contribution is 0.730. The van der Waals surface area contributed by atoms with E-state index < -0.39 is 0 Å². The summed E-state index contributed by atoms with van der Waals surface area (Å²) in [5.41, 5.74) is 0. The Balaban J connectivity index is 2.29. The molecule has 4 nitrogen and oxygen atoms in total. The molecule has 1 heterocycles. The Kier molecular flexibility index (Phi) is 5.85. The van der Waals surface area contributed by atoms with Crippen molar-refractivity contribution in [3.63, 3.8) is 0 Å². The van der Waals surface area contributed by atoms with Crippen LogP contribution in [0.5, 0.6) is 0 Å². The van der Waals surface area contributed by atoms with Gasteiger partial charge in [-0.2, -0.15) is 0 Å². The summed E-state index contributed by atoms with van der Waals surface area (Å²) in [4.78, 5) is 9.61. The number of unbranched alkanes of at least 4 members (excludes halogenated alkanes) is 1. The van der Waals surface area contributed by atoms with Gasteiger partial charge in [-0.25, -0.2) is 4.98 Å². The molecule has 0 aliphatic rings. The van der Waals surface area contributed by atoms with E-state index >= 15 is 0 Å². The van der Waals surface area contributed by atoms with Gasteiger partial charge in [0.05, 0.1) is 11.6 Å². The standard InChI is InChI=1S/C11H20N4S/c1-4-5-6-13-11(12-3)15-8-10-7-14-9(2)16-10/h7H,4-6,8H2,1-3H3,(H2,12,13,15). The first-order chi connectivity index (χ1) is 7.76. The molecule has 1 aromatic heterocycles. The molecule has 16 heavy (non-hydrogen) atoms. The van der Waals surface area contributed by atoms with Crippen LogP contribution >= 0.6 is 11.3 Å². The topological polar surface area (TPSA) is 49.3 Å². The number of thiazole rings is 1. The van der Waals surface area contributed by atoms with Crippen molar-refractivity contribution >= 4 is 17.3 Å². The third-order valence-corrected chi connectivity index (χ3v) is 3.06. The van der Waals surface area contributed by atoms with E-state index in [2.05, 4.69) is 27.5 Å². The molecule has 0 saturated heterocycles. The van der Waals surface area contributed by atoms with Crippen LogP contribution in [-0.4, -0.2) is 24.5 Å². The van der Waals surface area contributed by atoms with Crippen molar-refractivity contribution in [2.75, 3.05) is 13.6 Å². The molecule has 0 aliphatic heterocycles. The van der Waals surface area contributed by atoms with Crippen LogP contribution in [0.15, 0.2) is 11.2 Å². The number of aryl methyl sites for hydroxylation is 1. The number of hydrogen-bond acceptors (Lipinski definition) is 3. The first-order valence-corrected chi connectivity index (χ1v) is 6.43. The quantitative estimate of drug-likeness (QED) is 0.469. The minimum atomic E-state index is 0.789. The van der Waals surface area contributed by atoms with Crippen LogP contribution in [0.2, 0.25) is 0 Å². The van der Waals surface area contributed by atoms with Gasteiger partial charge in [-0.1, -0.05) is 13.3 Å². The summed E-state index contributed by atoms with van der Waals surface area (Å²) in [5.74, 6) is 0.861. The van der Waals surface area contributed by atoms with E-state index in [1.165, 1.54) is 17.7 Å². The fraction of sp³-hybridized carbons (Fsp3) is 0.636. The van der Waals surface area contributed by atoms with Crippen molar-refractivity contribution in [2.45, 2.75) is 33.2 Å². The molecule has 1 aromatic rings. The number of rotatable bonds is 5. The van der Waals surface area contributed by atoms with Crippen molar-refractivity contribution < 1.29 is 0 Å². The Morgan fingerprint density at radius 1 is 1.50 bits per heavy atom. The summed E-state index contributed by atoms with van der Waals surface area (Å²) < 4.78 is 0. The highest BCUT2D eigenvalue weighted by molar-refractivity contribution is 7.11. The number of aliphatic imine (C=N–C) groups is 1. The number of hydrogen-bond donors (Lipinski definition) is 2. The smallest absolute Gasteiger partial charge is 0.191 e. The number of nitrogens with one attached hydrogen (secondary N) is 2. The maximum absolute atomic E-state index is 4.21. The van der Waals surface area contributed by atoms with Crippen molar-refractivity contribution in [1.82, 2.24) is 15.6 Å². The van der Waals surface area contributed by atoms with E-state index in [1.807, 2.05) is 13.1 Å². The van der Waals surface area contributed by atoms with Crippen LogP contribution in [0.4, 0.5) is 0 Å². The highest BCUT2D eigenvalue weighted by Crippen LogP contribution is 2.10. The first kappa shape index (κ1) is 13.0. The van der Waals surface area contributed by atoms with E-state index in [9.17, 15) is 0 Å².